The Kier molecular flexibility index (Phi) is 6.50. The molecule has 1 aromatic carbocycles. The monoisotopic (exact) mass is 394 g/mol. The third-order valence-corrected chi connectivity index (χ3v) is 4.67. The second-order valence-corrected chi connectivity index (χ2v) is 6.74. The van der Waals surface area contributed by atoms with Crippen LogP contribution in [0.4, 0.5) is 0 Å². The first-order valence-electron chi connectivity index (χ1n) is 8.45. The Bertz CT molecular complexity index is 986. The SMILES string of the molecule is COc1cc(/C=C(\C#N)C(=O)NCc2ccco2)ccc1OCc1cccs1. The number of hydrogen-bond acceptors (Lipinski definition) is 6. The molecule has 6 nitrogen and oxygen atoms in total. The van der Waals surface area contributed by atoms with Gasteiger partial charge in [-0.1, -0.05) is 12.1 Å². The van der Waals surface area contributed by atoms with E-state index in [1.54, 1.807) is 48.8 Å². The molecule has 1 N–H and O–H groups in total. The van der Waals surface area contributed by atoms with Crippen molar-refractivity contribution in [3.05, 3.63) is 75.9 Å². The van der Waals surface area contributed by atoms with Crippen molar-refractivity contribution in [2.45, 2.75) is 13.2 Å². The zero-order valence-electron chi connectivity index (χ0n) is 15.2. The zero-order chi connectivity index (χ0) is 19.8. The largest absolute Gasteiger partial charge is 0.493 e. The van der Waals surface area contributed by atoms with Crippen LogP contribution in [0, 0.1) is 11.3 Å². The van der Waals surface area contributed by atoms with Crippen LogP contribution in [0.5, 0.6) is 11.5 Å². The molecular weight excluding hydrogens is 376 g/mol. The summed E-state index contributed by atoms with van der Waals surface area (Å²) < 4.78 is 16.3. The molecule has 0 unspecified atom stereocenters. The Morgan fingerprint density at radius 3 is 2.86 bits per heavy atom. The second kappa shape index (κ2) is 9.44. The summed E-state index contributed by atoms with van der Waals surface area (Å²) >= 11 is 1.61. The molecule has 0 saturated carbocycles. The molecule has 28 heavy (non-hydrogen) atoms. The van der Waals surface area contributed by atoms with Crippen molar-refractivity contribution < 1.29 is 18.7 Å². The van der Waals surface area contributed by atoms with Gasteiger partial charge >= 0.3 is 0 Å². The highest BCUT2D eigenvalue weighted by atomic mass is 32.1. The maximum Gasteiger partial charge on any atom is 0.262 e. The lowest BCUT2D eigenvalue weighted by Crippen LogP contribution is -2.23. The summed E-state index contributed by atoms with van der Waals surface area (Å²) in [5.74, 6) is 1.25. The summed E-state index contributed by atoms with van der Waals surface area (Å²) in [6.07, 6.45) is 3.03. The fourth-order valence-electron chi connectivity index (χ4n) is 2.43. The zero-order valence-corrected chi connectivity index (χ0v) is 16.0. The quantitative estimate of drug-likeness (QED) is 0.458. The van der Waals surface area contributed by atoms with Gasteiger partial charge in [-0.3, -0.25) is 4.79 Å². The van der Waals surface area contributed by atoms with E-state index in [0.717, 1.165) is 4.88 Å². The van der Waals surface area contributed by atoms with Crippen LogP contribution in [0.1, 0.15) is 16.2 Å². The van der Waals surface area contributed by atoms with E-state index in [2.05, 4.69) is 5.32 Å². The normalized spacial score (nSPS) is 10.9. The summed E-state index contributed by atoms with van der Waals surface area (Å²) in [4.78, 5) is 13.3. The molecule has 2 aromatic heterocycles. The number of nitriles is 1. The van der Waals surface area contributed by atoms with E-state index in [-0.39, 0.29) is 12.1 Å². The highest BCUT2D eigenvalue weighted by Gasteiger charge is 2.11. The molecule has 0 radical (unpaired) electrons. The molecular formula is C21H18N2O4S. The highest BCUT2D eigenvalue weighted by Crippen LogP contribution is 2.30. The van der Waals surface area contributed by atoms with Gasteiger partial charge < -0.3 is 19.2 Å². The fourth-order valence-corrected chi connectivity index (χ4v) is 3.04. The Morgan fingerprint density at radius 2 is 2.18 bits per heavy atom. The van der Waals surface area contributed by atoms with Gasteiger partial charge in [0, 0.05) is 4.88 Å². The lowest BCUT2D eigenvalue weighted by molar-refractivity contribution is -0.117. The molecule has 142 valence electrons. The van der Waals surface area contributed by atoms with E-state index in [1.165, 1.54) is 12.3 Å². The van der Waals surface area contributed by atoms with Gasteiger partial charge in [0.15, 0.2) is 11.5 Å². The average molecular weight is 394 g/mol. The van der Waals surface area contributed by atoms with Gasteiger partial charge in [-0.15, -0.1) is 11.3 Å². The van der Waals surface area contributed by atoms with Crippen LogP contribution >= 0.6 is 11.3 Å². The number of nitrogens with zero attached hydrogens (tertiary/aromatic N) is 1. The molecule has 0 bridgehead atoms. The topological polar surface area (TPSA) is 84.5 Å². The molecule has 0 saturated heterocycles. The lowest BCUT2D eigenvalue weighted by Gasteiger charge is -2.11. The van der Waals surface area contributed by atoms with Crippen molar-refractivity contribution in [3.63, 3.8) is 0 Å². The van der Waals surface area contributed by atoms with Crippen LogP contribution in [0.3, 0.4) is 0 Å². The van der Waals surface area contributed by atoms with E-state index in [9.17, 15) is 10.1 Å². The van der Waals surface area contributed by atoms with Gasteiger partial charge in [-0.25, -0.2) is 0 Å². The van der Waals surface area contributed by atoms with Crippen LogP contribution in [-0.2, 0) is 17.9 Å². The van der Waals surface area contributed by atoms with Gasteiger partial charge in [-0.05, 0) is 47.4 Å². The molecule has 3 rings (SSSR count). The van der Waals surface area contributed by atoms with Crippen molar-refractivity contribution in [2.24, 2.45) is 0 Å². The van der Waals surface area contributed by atoms with E-state index in [1.807, 2.05) is 23.6 Å². The average Bonchev–Trinajstić information content (AvgIpc) is 3.43. The van der Waals surface area contributed by atoms with E-state index in [4.69, 9.17) is 13.9 Å². The first-order chi connectivity index (χ1) is 13.7. The first-order valence-corrected chi connectivity index (χ1v) is 9.33. The summed E-state index contributed by atoms with van der Waals surface area (Å²) in [7, 11) is 1.54. The molecule has 0 aliphatic rings. The minimum Gasteiger partial charge on any atom is -0.493 e. The molecule has 0 fully saturated rings. The van der Waals surface area contributed by atoms with E-state index >= 15 is 0 Å². The van der Waals surface area contributed by atoms with Crippen LogP contribution in [0.15, 0.2) is 64.1 Å². The van der Waals surface area contributed by atoms with Crippen molar-refractivity contribution >= 4 is 23.3 Å². The summed E-state index contributed by atoms with van der Waals surface area (Å²) in [6, 6.07) is 14.6. The number of methoxy groups -OCH3 is 1. The lowest BCUT2D eigenvalue weighted by atomic mass is 10.1. The number of nitrogens with one attached hydrogen (secondary N) is 1. The third kappa shape index (κ3) is 5.02. The van der Waals surface area contributed by atoms with Crippen LogP contribution < -0.4 is 14.8 Å². The summed E-state index contributed by atoms with van der Waals surface area (Å²) in [5, 5.41) is 14.0. The first kappa shape index (κ1) is 19.3. The smallest absolute Gasteiger partial charge is 0.262 e. The standard InChI is InChI=1S/C21H18N2O4S/c1-25-20-11-15(6-7-19(20)27-14-18-5-3-9-28-18)10-16(12-22)21(24)23-13-17-4-2-8-26-17/h2-11H,13-14H2,1H3,(H,23,24)/b16-10+. The molecule has 7 heteroatoms. The molecule has 0 aliphatic heterocycles. The van der Waals surface area contributed by atoms with Gasteiger partial charge in [0.25, 0.3) is 5.91 Å². The molecule has 0 atom stereocenters. The Balaban J connectivity index is 1.70. The van der Waals surface area contributed by atoms with Crippen LogP contribution in [0.2, 0.25) is 0 Å². The van der Waals surface area contributed by atoms with Gasteiger partial charge in [0.2, 0.25) is 0 Å². The Morgan fingerprint density at radius 1 is 1.29 bits per heavy atom. The number of amides is 1. The molecule has 3 aromatic rings. The van der Waals surface area contributed by atoms with Gasteiger partial charge in [0.1, 0.15) is 24.0 Å². The number of rotatable bonds is 8. The maximum absolute atomic E-state index is 12.2. The predicted molar refractivity (Wildman–Crippen MR) is 106 cm³/mol. The number of ether oxygens (including phenoxy) is 2. The summed E-state index contributed by atoms with van der Waals surface area (Å²) in [5.41, 5.74) is 0.644. The molecule has 0 aliphatic carbocycles. The number of hydrogen-bond donors (Lipinski definition) is 1. The van der Waals surface area contributed by atoms with Gasteiger partial charge in [-0.2, -0.15) is 5.26 Å². The maximum atomic E-state index is 12.2. The van der Waals surface area contributed by atoms with Crippen molar-refractivity contribution in [3.8, 4) is 17.6 Å². The molecule has 0 spiro atoms. The minimum atomic E-state index is -0.476. The molecule has 2 heterocycles. The number of carbonyl (C=O) groups excluding carboxylic acids is 1. The number of furan rings is 1. The summed E-state index contributed by atoms with van der Waals surface area (Å²) in [6.45, 7) is 0.658. The number of thiophene rings is 1. The van der Waals surface area contributed by atoms with E-state index in [0.29, 0.717) is 29.4 Å². The van der Waals surface area contributed by atoms with Crippen LogP contribution in [0.25, 0.3) is 6.08 Å². The molecule has 1 amide bonds. The van der Waals surface area contributed by atoms with Gasteiger partial charge in [0.05, 0.1) is 19.9 Å². The van der Waals surface area contributed by atoms with Crippen molar-refractivity contribution in [2.75, 3.05) is 7.11 Å². The minimum absolute atomic E-state index is 0.0131. The predicted octanol–water partition coefficient (Wildman–Crippen LogP) is 4.15. The third-order valence-electron chi connectivity index (χ3n) is 3.82. The number of benzene rings is 1. The van der Waals surface area contributed by atoms with Crippen molar-refractivity contribution in [1.29, 1.82) is 5.26 Å². The van der Waals surface area contributed by atoms with Crippen LogP contribution in [-0.4, -0.2) is 13.0 Å². The fraction of sp³-hybridized carbons (Fsp3) is 0.143. The van der Waals surface area contributed by atoms with Crippen molar-refractivity contribution in [1.82, 2.24) is 5.32 Å². The number of carbonyl (C=O) groups is 1. The second-order valence-electron chi connectivity index (χ2n) is 5.71. The van der Waals surface area contributed by atoms with E-state index < -0.39 is 5.91 Å². The Hall–Kier alpha value is -3.50. The Labute approximate surface area is 166 Å². The highest BCUT2D eigenvalue weighted by molar-refractivity contribution is 7.09.